The van der Waals surface area contributed by atoms with Gasteiger partial charge in [-0.05, 0) is 0 Å². The molecule has 1 fully saturated rings. The van der Waals surface area contributed by atoms with Crippen molar-refractivity contribution in [2.24, 2.45) is 0 Å². The zero-order valence-corrected chi connectivity index (χ0v) is 20.1. The van der Waals surface area contributed by atoms with Gasteiger partial charge in [0.15, 0.2) is 0 Å². The quantitative estimate of drug-likeness (QED) is 0.425. The molecule has 0 nitrogen and oxygen atoms in total. The van der Waals surface area contributed by atoms with Crippen LogP contribution >= 0.6 is 14.3 Å². The van der Waals surface area contributed by atoms with E-state index in [-0.39, 0.29) is 0 Å². The van der Waals surface area contributed by atoms with E-state index in [1.165, 1.54) is 25.4 Å². The average molecular weight is 418 g/mol. The zero-order valence-electron chi connectivity index (χ0n) is 18.1. The van der Waals surface area contributed by atoms with Crippen LogP contribution in [0.5, 0.6) is 0 Å². The summed E-state index contributed by atoms with van der Waals surface area (Å²) in [5, 5.41) is 4.84. The van der Waals surface area contributed by atoms with Crippen LogP contribution in [0, 0.1) is 0 Å². The Bertz CT molecular complexity index is 878. The minimum absolute atomic E-state index is 0.728. The van der Waals surface area contributed by atoms with Crippen molar-refractivity contribution in [1.82, 2.24) is 0 Å². The van der Waals surface area contributed by atoms with Crippen LogP contribution in [0.15, 0.2) is 91.0 Å². The van der Waals surface area contributed by atoms with Gasteiger partial charge in [-0.2, -0.15) is 0 Å². The van der Waals surface area contributed by atoms with Crippen molar-refractivity contribution in [3.8, 4) is 0 Å². The normalized spacial score (nSPS) is 21.3. The van der Waals surface area contributed by atoms with E-state index in [1.54, 1.807) is 15.9 Å². The van der Waals surface area contributed by atoms with Crippen molar-refractivity contribution in [1.29, 1.82) is 0 Å². The van der Waals surface area contributed by atoms with E-state index in [1.807, 2.05) is 0 Å². The molecular formula is C25H34B2P2. The topological polar surface area (TPSA) is 0 Å². The number of rotatable bonds is 6. The van der Waals surface area contributed by atoms with Gasteiger partial charge >= 0.3 is 180 Å². The molecule has 0 radical (unpaired) electrons. The molecule has 29 heavy (non-hydrogen) atoms. The van der Waals surface area contributed by atoms with E-state index in [9.17, 15) is 0 Å². The van der Waals surface area contributed by atoms with E-state index < -0.39 is 14.3 Å². The summed E-state index contributed by atoms with van der Waals surface area (Å²) in [7, 11) is 2.05. The monoisotopic (exact) mass is 418 g/mol. The maximum atomic E-state index is 2.66. The second kappa shape index (κ2) is 8.79. The van der Waals surface area contributed by atoms with Gasteiger partial charge in [0, 0.05) is 0 Å². The van der Waals surface area contributed by atoms with Crippen molar-refractivity contribution in [2.75, 3.05) is 6.16 Å². The van der Waals surface area contributed by atoms with Crippen LogP contribution in [0.1, 0.15) is 26.2 Å². The molecule has 0 N–H and O–H groups in total. The molecule has 1 aliphatic rings. The Labute approximate surface area is 179 Å². The van der Waals surface area contributed by atoms with Crippen LogP contribution in [-0.2, 0) is 0 Å². The first-order chi connectivity index (χ1) is 14.0. The second-order valence-corrected chi connectivity index (χ2v) is 18.7. The van der Waals surface area contributed by atoms with Gasteiger partial charge in [0.1, 0.15) is 0 Å². The summed E-state index contributed by atoms with van der Waals surface area (Å²) in [6, 6.07) is 34.3. The summed E-state index contributed by atoms with van der Waals surface area (Å²) in [6.45, 7) is 2.56. The van der Waals surface area contributed by atoms with Crippen LogP contribution in [0.3, 0.4) is 0 Å². The van der Waals surface area contributed by atoms with E-state index >= 15 is 0 Å². The molecule has 150 valence electrons. The molecule has 1 aliphatic heterocycles. The molecule has 3 aromatic rings. The van der Waals surface area contributed by atoms with Crippen LogP contribution in [0.25, 0.3) is 0 Å². The molecule has 0 amide bonds. The van der Waals surface area contributed by atoms with E-state index in [0.29, 0.717) is 0 Å². The van der Waals surface area contributed by atoms with Crippen LogP contribution in [-0.4, -0.2) is 32.6 Å². The maximum absolute atomic E-state index is 2.66. The molecule has 1 heterocycles. The predicted molar refractivity (Wildman–Crippen MR) is 144 cm³/mol. The van der Waals surface area contributed by atoms with Gasteiger partial charge in [-0.25, -0.2) is 0 Å². The fourth-order valence-electron chi connectivity index (χ4n) is 5.78. The third-order valence-electron chi connectivity index (χ3n) is 7.95. The van der Waals surface area contributed by atoms with Gasteiger partial charge in [-0.1, -0.05) is 0 Å². The molecule has 0 aliphatic carbocycles. The van der Waals surface area contributed by atoms with Gasteiger partial charge in [-0.15, -0.1) is 0 Å². The SMILES string of the molecule is B[PH](c1ccccc1)(c1ccccc1)C(C)C[C@H]1CCC[PH]1(B)c1ccccc1. The van der Waals surface area contributed by atoms with Gasteiger partial charge < -0.3 is 0 Å². The second-order valence-electron chi connectivity index (χ2n) is 9.44. The van der Waals surface area contributed by atoms with Gasteiger partial charge in [-0.3, -0.25) is 0 Å². The predicted octanol–water partition coefficient (Wildman–Crippen LogP) is 3.50. The summed E-state index contributed by atoms with van der Waals surface area (Å²) < 4.78 is 0. The van der Waals surface area contributed by atoms with Crippen molar-refractivity contribution in [2.45, 2.75) is 37.5 Å². The molecule has 3 aromatic carbocycles. The fourth-order valence-corrected chi connectivity index (χ4v) is 14.8. The average Bonchev–Trinajstić information content (AvgIpc) is 3.16. The van der Waals surface area contributed by atoms with Gasteiger partial charge in [0.2, 0.25) is 0 Å². The number of hydrogen-bond acceptors (Lipinski definition) is 0. The molecule has 1 saturated heterocycles. The van der Waals surface area contributed by atoms with Crippen molar-refractivity contribution < 1.29 is 0 Å². The van der Waals surface area contributed by atoms with Gasteiger partial charge in [0.25, 0.3) is 0 Å². The van der Waals surface area contributed by atoms with Gasteiger partial charge in [0.05, 0.1) is 0 Å². The third kappa shape index (κ3) is 4.00. The summed E-state index contributed by atoms with van der Waals surface area (Å²) in [6.07, 6.45) is 5.69. The Morgan fingerprint density at radius 1 is 0.862 bits per heavy atom. The van der Waals surface area contributed by atoms with E-state index in [4.69, 9.17) is 0 Å². The standard InChI is InChI=1S/C25H34B2P2/c1-21(20-25-18-11-19-28(25,26)22-12-5-2-6-13-22)29(27,23-14-7-3-8-15-23)24-16-9-4-10-17-24/h2-10,12-17,21,25,28-29H,11,18-20,26-27H2,1H3/t21?,25-/m1/s1. The molecule has 1 unspecified atom stereocenters. The third-order valence-corrected chi connectivity index (χ3v) is 18.6. The minimum atomic E-state index is -1.81. The molecule has 4 heteroatoms. The summed E-state index contributed by atoms with van der Waals surface area (Å²) in [5.41, 5.74) is 1.63. The summed E-state index contributed by atoms with van der Waals surface area (Å²) >= 11 is 0. The first-order valence-electron chi connectivity index (χ1n) is 11.2. The summed E-state index contributed by atoms with van der Waals surface area (Å²) in [4.78, 5) is 0. The number of benzene rings is 3. The first-order valence-corrected chi connectivity index (χ1v) is 16.6. The van der Waals surface area contributed by atoms with Crippen molar-refractivity contribution >= 4 is 45.3 Å². The molecule has 0 bridgehead atoms. The first kappa shape index (κ1) is 20.9. The Balaban J connectivity index is 1.68. The van der Waals surface area contributed by atoms with E-state index in [0.717, 1.165) is 11.3 Å². The van der Waals surface area contributed by atoms with E-state index in [2.05, 4.69) is 113 Å². The van der Waals surface area contributed by atoms with Crippen LogP contribution < -0.4 is 15.9 Å². The Morgan fingerprint density at radius 2 is 1.34 bits per heavy atom. The Kier molecular flexibility index (Phi) is 6.34. The zero-order chi connectivity index (χ0) is 20.3. The van der Waals surface area contributed by atoms with Crippen LogP contribution in [0.4, 0.5) is 0 Å². The van der Waals surface area contributed by atoms with Crippen molar-refractivity contribution in [3.63, 3.8) is 0 Å². The molecule has 0 saturated carbocycles. The fraction of sp³-hybridized carbons (Fsp3) is 0.280. The Hall–Kier alpha value is -1.35. The molecule has 4 rings (SSSR count). The molecule has 0 spiro atoms. The van der Waals surface area contributed by atoms with Crippen molar-refractivity contribution in [3.05, 3.63) is 91.0 Å². The Morgan fingerprint density at radius 3 is 1.86 bits per heavy atom. The molecular weight excluding hydrogens is 384 g/mol. The molecule has 2 atom stereocenters. The molecule has 0 aromatic heterocycles. The van der Waals surface area contributed by atoms with Crippen LogP contribution in [0.2, 0.25) is 0 Å². The number of hydrogen-bond donors (Lipinski definition) is 0. The summed E-state index contributed by atoms with van der Waals surface area (Å²) in [5.74, 6) is 0.